The molecule has 0 bridgehead atoms. The second-order valence-electron chi connectivity index (χ2n) is 4.72. The van der Waals surface area contributed by atoms with Crippen LogP contribution in [0.2, 0.25) is 0 Å². The van der Waals surface area contributed by atoms with E-state index < -0.39 is 0 Å². The van der Waals surface area contributed by atoms with E-state index >= 15 is 0 Å². The summed E-state index contributed by atoms with van der Waals surface area (Å²) in [6.45, 7) is 9.85. The fourth-order valence-electron chi connectivity index (χ4n) is 1.80. The van der Waals surface area contributed by atoms with Gasteiger partial charge in [-0.3, -0.25) is 0 Å². The van der Waals surface area contributed by atoms with E-state index in [1.54, 1.807) is 0 Å². The zero-order chi connectivity index (χ0) is 9.14. The normalized spacial score (nSPS) is 29.5. The minimum Gasteiger partial charge on any atom is -0.379 e. The van der Waals surface area contributed by atoms with Crippen LogP contribution < -0.4 is 0 Å². The van der Waals surface area contributed by atoms with Crippen molar-refractivity contribution in [3.05, 3.63) is 0 Å². The van der Waals surface area contributed by atoms with E-state index in [0.29, 0.717) is 6.10 Å². The van der Waals surface area contributed by atoms with Crippen molar-refractivity contribution in [3.8, 4) is 0 Å². The fourth-order valence-corrected chi connectivity index (χ4v) is 1.80. The van der Waals surface area contributed by atoms with Crippen LogP contribution in [-0.4, -0.2) is 12.7 Å². The molecule has 1 aliphatic rings. The molecule has 0 saturated heterocycles. The fraction of sp³-hybridized carbons (Fsp3) is 1.00. The van der Waals surface area contributed by atoms with Crippen LogP contribution in [0.25, 0.3) is 0 Å². The van der Waals surface area contributed by atoms with Crippen molar-refractivity contribution in [3.63, 3.8) is 0 Å². The highest BCUT2D eigenvalue weighted by Gasteiger charge is 2.31. The predicted molar refractivity (Wildman–Crippen MR) is 52.1 cm³/mol. The Morgan fingerprint density at radius 3 is 2.17 bits per heavy atom. The SMILES string of the molecule is CC(C)OCC1CC(C(C)C)C1. The van der Waals surface area contributed by atoms with E-state index in [9.17, 15) is 0 Å². The molecular formula is C11H22O. The number of rotatable bonds is 4. The minimum absolute atomic E-state index is 0.406. The lowest BCUT2D eigenvalue weighted by Gasteiger charge is -2.38. The van der Waals surface area contributed by atoms with Crippen molar-refractivity contribution in [2.24, 2.45) is 17.8 Å². The van der Waals surface area contributed by atoms with Crippen LogP contribution in [0.15, 0.2) is 0 Å². The quantitative estimate of drug-likeness (QED) is 0.630. The lowest BCUT2D eigenvalue weighted by molar-refractivity contribution is 0.00104. The lowest BCUT2D eigenvalue weighted by Crippen LogP contribution is -2.31. The van der Waals surface area contributed by atoms with Crippen molar-refractivity contribution >= 4 is 0 Å². The number of hydrogen-bond acceptors (Lipinski definition) is 1. The summed E-state index contributed by atoms with van der Waals surface area (Å²) in [6.07, 6.45) is 3.19. The van der Waals surface area contributed by atoms with Gasteiger partial charge in [-0.1, -0.05) is 13.8 Å². The average molecular weight is 170 g/mol. The highest BCUT2D eigenvalue weighted by atomic mass is 16.5. The Labute approximate surface area is 76.5 Å². The van der Waals surface area contributed by atoms with Crippen molar-refractivity contribution < 1.29 is 4.74 Å². The predicted octanol–water partition coefficient (Wildman–Crippen LogP) is 3.09. The molecule has 1 heteroatoms. The molecule has 0 unspecified atom stereocenters. The topological polar surface area (TPSA) is 9.23 Å². The van der Waals surface area contributed by atoms with Gasteiger partial charge in [-0.15, -0.1) is 0 Å². The maximum Gasteiger partial charge on any atom is 0.0519 e. The molecule has 0 amide bonds. The second-order valence-corrected chi connectivity index (χ2v) is 4.72. The summed E-state index contributed by atoms with van der Waals surface area (Å²) in [5.41, 5.74) is 0. The first kappa shape index (κ1) is 10.0. The van der Waals surface area contributed by atoms with E-state index in [4.69, 9.17) is 4.74 Å². The summed E-state index contributed by atoms with van der Waals surface area (Å²) in [7, 11) is 0. The Morgan fingerprint density at radius 2 is 1.75 bits per heavy atom. The molecule has 1 rings (SSSR count). The highest BCUT2D eigenvalue weighted by molar-refractivity contribution is 4.81. The van der Waals surface area contributed by atoms with Gasteiger partial charge in [-0.05, 0) is 44.4 Å². The molecule has 0 radical (unpaired) electrons. The number of ether oxygens (including phenoxy) is 1. The third kappa shape index (κ3) is 2.78. The Hall–Kier alpha value is -0.0400. The molecule has 1 aliphatic carbocycles. The van der Waals surface area contributed by atoms with Crippen molar-refractivity contribution in [1.29, 1.82) is 0 Å². The largest absolute Gasteiger partial charge is 0.379 e. The van der Waals surface area contributed by atoms with Gasteiger partial charge in [0.2, 0.25) is 0 Å². The van der Waals surface area contributed by atoms with Gasteiger partial charge >= 0.3 is 0 Å². The van der Waals surface area contributed by atoms with Crippen LogP contribution in [0.3, 0.4) is 0 Å². The summed E-state index contributed by atoms with van der Waals surface area (Å²) in [5, 5.41) is 0. The van der Waals surface area contributed by atoms with Gasteiger partial charge in [-0.25, -0.2) is 0 Å². The summed E-state index contributed by atoms with van der Waals surface area (Å²) < 4.78 is 5.57. The van der Waals surface area contributed by atoms with E-state index in [1.807, 2.05) is 0 Å². The molecule has 0 spiro atoms. The van der Waals surface area contributed by atoms with Crippen LogP contribution in [-0.2, 0) is 4.74 Å². The third-order valence-electron chi connectivity index (χ3n) is 2.88. The van der Waals surface area contributed by atoms with Gasteiger partial charge in [0.1, 0.15) is 0 Å². The average Bonchev–Trinajstić information content (AvgIpc) is 1.82. The maximum absolute atomic E-state index is 5.57. The second kappa shape index (κ2) is 4.27. The first-order chi connectivity index (χ1) is 5.59. The van der Waals surface area contributed by atoms with Crippen LogP contribution in [0, 0.1) is 17.8 Å². The Bertz CT molecular complexity index is 120. The molecule has 0 aromatic carbocycles. The van der Waals surface area contributed by atoms with E-state index in [1.165, 1.54) is 12.8 Å². The van der Waals surface area contributed by atoms with Crippen LogP contribution in [0.5, 0.6) is 0 Å². The molecule has 0 aromatic rings. The van der Waals surface area contributed by atoms with Crippen molar-refractivity contribution in [2.75, 3.05) is 6.61 Å². The van der Waals surface area contributed by atoms with Crippen molar-refractivity contribution in [1.82, 2.24) is 0 Å². The van der Waals surface area contributed by atoms with Crippen LogP contribution >= 0.6 is 0 Å². The Morgan fingerprint density at radius 1 is 1.17 bits per heavy atom. The lowest BCUT2D eigenvalue weighted by atomic mass is 9.70. The molecule has 0 atom stereocenters. The summed E-state index contributed by atoms with van der Waals surface area (Å²) in [5.74, 6) is 2.71. The Kier molecular flexibility index (Phi) is 3.57. The highest BCUT2D eigenvalue weighted by Crippen LogP contribution is 2.38. The molecule has 0 heterocycles. The molecule has 1 nitrogen and oxygen atoms in total. The maximum atomic E-state index is 5.57. The first-order valence-corrected chi connectivity index (χ1v) is 5.21. The summed E-state index contributed by atoms with van der Waals surface area (Å²) in [6, 6.07) is 0. The van der Waals surface area contributed by atoms with Gasteiger partial charge in [0.05, 0.1) is 6.10 Å². The molecule has 0 aromatic heterocycles. The number of hydrogen-bond donors (Lipinski definition) is 0. The van der Waals surface area contributed by atoms with Gasteiger partial charge in [0, 0.05) is 6.61 Å². The van der Waals surface area contributed by atoms with Gasteiger partial charge in [-0.2, -0.15) is 0 Å². The molecule has 0 aliphatic heterocycles. The van der Waals surface area contributed by atoms with Gasteiger partial charge in [0.15, 0.2) is 0 Å². The Balaban J connectivity index is 2.02. The van der Waals surface area contributed by atoms with E-state index in [0.717, 1.165) is 24.4 Å². The molecule has 12 heavy (non-hydrogen) atoms. The molecule has 1 fully saturated rings. The van der Waals surface area contributed by atoms with Crippen molar-refractivity contribution in [2.45, 2.75) is 46.6 Å². The van der Waals surface area contributed by atoms with Gasteiger partial charge < -0.3 is 4.74 Å². The monoisotopic (exact) mass is 170 g/mol. The van der Waals surface area contributed by atoms with Gasteiger partial charge in [0.25, 0.3) is 0 Å². The summed E-state index contributed by atoms with van der Waals surface area (Å²) in [4.78, 5) is 0. The van der Waals surface area contributed by atoms with Crippen LogP contribution in [0.1, 0.15) is 40.5 Å². The standard InChI is InChI=1S/C11H22O/c1-8(2)11-5-10(6-11)7-12-9(3)4/h8-11H,5-7H2,1-4H3. The van der Waals surface area contributed by atoms with E-state index in [-0.39, 0.29) is 0 Å². The smallest absolute Gasteiger partial charge is 0.0519 e. The first-order valence-electron chi connectivity index (χ1n) is 5.21. The molecular weight excluding hydrogens is 148 g/mol. The third-order valence-corrected chi connectivity index (χ3v) is 2.88. The zero-order valence-electron chi connectivity index (χ0n) is 8.84. The summed E-state index contributed by atoms with van der Waals surface area (Å²) >= 11 is 0. The zero-order valence-corrected chi connectivity index (χ0v) is 8.84. The van der Waals surface area contributed by atoms with E-state index in [2.05, 4.69) is 27.7 Å². The minimum atomic E-state index is 0.406. The molecule has 72 valence electrons. The molecule has 1 saturated carbocycles. The molecule has 0 N–H and O–H groups in total. The van der Waals surface area contributed by atoms with Crippen LogP contribution in [0.4, 0.5) is 0 Å².